The van der Waals surface area contributed by atoms with Gasteiger partial charge in [0.1, 0.15) is 0 Å². The van der Waals surface area contributed by atoms with Gasteiger partial charge in [-0.15, -0.1) is 0 Å². The molecule has 33 heavy (non-hydrogen) atoms. The number of ketones is 2. The summed E-state index contributed by atoms with van der Waals surface area (Å²) in [6.45, 7) is 1.16. The number of nitrogens with zero attached hydrogens (tertiary/aromatic N) is 1. The molecule has 0 atom stereocenters. The van der Waals surface area contributed by atoms with Gasteiger partial charge >= 0.3 is 0 Å². The lowest BCUT2D eigenvalue weighted by Crippen LogP contribution is -2.42. The number of likely N-dealkylation sites (N-methyl/N-ethyl adjacent to an activating group) is 1. The molecule has 0 aliphatic heterocycles. The first-order valence-corrected chi connectivity index (χ1v) is 10.7. The van der Waals surface area contributed by atoms with E-state index in [-0.39, 0.29) is 45.4 Å². The van der Waals surface area contributed by atoms with E-state index in [1.54, 1.807) is 30.3 Å². The van der Waals surface area contributed by atoms with Gasteiger partial charge in [-0.05, 0) is 18.2 Å². The predicted molar refractivity (Wildman–Crippen MR) is 129 cm³/mol. The Morgan fingerprint density at radius 2 is 1.45 bits per heavy atom. The molecule has 3 aromatic rings. The highest BCUT2D eigenvalue weighted by atomic mass is 16.2. The van der Waals surface area contributed by atoms with Crippen LogP contribution in [-0.2, 0) is 0 Å². The smallest absolute Gasteiger partial charge is 0.253 e. The summed E-state index contributed by atoms with van der Waals surface area (Å²) in [7, 11) is 6.09. The number of nitrogens with two attached hydrogens (primary N) is 1. The average Bonchev–Trinajstić information content (AvgIpc) is 2.78. The van der Waals surface area contributed by atoms with E-state index in [1.165, 1.54) is 0 Å². The number of para-hydroxylation sites is 1. The third kappa shape index (κ3) is 4.36. The van der Waals surface area contributed by atoms with Crippen LogP contribution in [0.3, 0.4) is 0 Å². The zero-order valence-corrected chi connectivity index (χ0v) is 18.9. The number of quaternary nitrogens is 1. The molecule has 0 unspecified atom stereocenters. The van der Waals surface area contributed by atoms with Gasteiger partial charge in [0.25, 0.3) is 5.91 Å². The summed E-state index contributed by atoms with van der Waals surface area (Å²) >= 11 is 0. The third-order valence-electron chi connectivity index (χ3n) is 5.60. The number of anilines is 3. The molecule has 0 saturated heterocycles. The van der Waals surface area contributed by atoms with Crippen molar-refractivity contribution in [3.8, 4) is 0 Å². The normalized spacial score (nSPS) is 12.7. The van der Waals surface area contributed by atoms with E-state index in [0.29, 0.717) is 22.3 Å². The SMILES string of the molecule is C[N+](C)(C)CCNC(=O)c1cc(Nc2ccccc2)c2c(c1N)C(=O)c1ccccc1C2=O. The Morgan fingerprint density at radius 3 is 2.06 bits per heavy atom. The molecule has 4 N–H and O–H groups in total. The molecular weight excluding hydrogens is 416 g/mol. The maximum Gasteiger partial charge on any atom is 0.253 e. The fourth-order valence-electron chi connectivity index (χ4n) is 3.88. The zero-order valence-electron chi connectivity index (χ0n) is 18.9. The van der Waals surface area contributed by atoms with Crippen molar-refractivity contribution in [1.29, 1.82) is 0 Å². The van der Waals surface area contributed by atoms with E-state index in [4.69, 9.17) is 5.73 Å². The Kier molecular flexibility index (Phi) is 5.74. The van der Waals surface area contributed by atoms with E-state index < -0.39 is 0 Å². The lowest BCUT2D eigenvalue weighted by molar-refractivity contribution is -0.869. The van der Waals surface area contributed by atoms with Crippen LogP contribution in [0, 0.1) is 0 Å². The number of amides is 1. The van der Waals surface area contributed by atoms with Crippen molar-refractivity contribution in [1.82, 2.24) is 5.32 Å². The van der Waals surface area contributed by atoms with E-state index in [1.807, 2.05) is 51.5 Å². The van der Waals surface area contributed by atoms with E-state index in [9.17, 15) is 14.4 Å². The molecule has 1 amide bonds. The molecule has 4 rings (SSSR count). The highest BCUT2D eigenvalue weighted by Crippen LogP contribution is 2.38. The van der Waals surface area contributed by atoms with Crippen LogP contribution in [0.1, 0.15) is 42.2 Å². The first-order chi connectivity index (χ1) is 15.7. The van der Waals surface area contributed by atoms with Crippen molar-refractivity contribution < 1.29 is 18.9 Å². The van der Waals surface area contributed by atoms with Crippen LogP contribution in [0.4, 0.5) is 17.1 Å². The van der Waals surface area contributed by atoms with E-state index >= 15 is 0 Å². The van der Waals surface area contributed by atoms with Gasteiger partial charge < -0.3 is 20.9 Å². The van der Waals surface area contributed by atoms with Gasteiger partial charge in [-0.3, -0.25) is 14.4 Å². The first kappa shape index (κ1) is 22.2. The van der Waals surface area contributed by atoms with Crippen LogP contribution in [0.25, 0.3) is 0 Å². The number of hydrogen-bond acceptors (Lipinski definition) is 5. The minimum atomic E-state index is -0.390. The molecule has 0 saturated carbocycles. The van der Waals surface area contributed by atoms with Crippen molar-refractivity contribution in [2.24, 2.45) is 0 Å². The predicted octanol–water partition coefficient (Wildman–Crippen LogP) is 3.22. The number of carbonyl (C=O) groups is 3. The molecule has 3 aromatic carbocycles. The lowest BCUT2D eigenvalue weighted by atomic mass is 9.81. The van der Waals surface area contributed by atoms with Crippen LogP contribution >= 0.6 is 0 Å². The van der Waals surface area contributed by atoms with Crippen LogP contribution < -0.4 is 16.4 Å². The monoisotopic (exact) mass is 443 g/mol. The molecule has 7 nitrogen and oxygen atoms in total. The quantitative estimate of drug-likeness (QED) is 0.314. The second-order valence-electron chi connectivity index (χ2n) is 9.10. The summed E-state index contributed by atoms with van der Waals surface area (Å²) in [5.74, 6) is -1.06. The number of nitrogen functional groups attached to an aromatic ring is 1. The van der Waals surface area contributed by atoms with Crippen LogP contribution in [0.2, 0.25) is 0 Å². The molecule has 0 fully saturated rings. The topological polar surface area (TPSA) is 101 Å². The van der Waals surface area contributed by atoms with Gasteiger partial charge in [0.15, 0.2) is 11.6 Å². The fraction of sp³-hybridized carbons (Fsp3) is 0.192. The Morgan fingerprint density at radius 1 is 0.879 bits per heavy atom. The van der Waals surface area contributed by atoms with Crippen LogP contribution in [0.5, 0.6) is 0 Å². The summed E-state index contributed by atoms with van der Waals surface area (Å²) in [5.41, 5.74) is 8.50. The van der Waals surface area contributed by atoms with Crippen molar-refractivity contribution in [2.45, 2.75) is 0 Å². The van der Waals surface area contributed by atoms with Gasteiger partial charge in [-0.2, -0.15) is 0 Å². The molecule has 1 aliphatic rings. The highest BCUT2D eigenvalue weighted by molar-refractivity contribution is 6.33. The molecule has 1 aliphatic carbocycles. The summed E-state index contributed by atoms with van der Waals surface area (Å²) in [6.07, 6.45) is 0. The summed E-state index contributed by atoms with van der Waals surface area (Å²) in [6, 6.07) is 17.5. The summed E-state index contributed by atoms with van der Waals surface area (Å²) < 4.78 is 0.685. The zero-order chi connectivity index (χ0) is 23.8. The minimum absolute atomic E-state index is 0.0132. The van der Waals surface area contributed by atoms with Crippen molar-refractivity contribution in [2.75, 3.05) is 45.3 Å². The van der Waals surface area contributed by atoms with Crippen LogP contribution in [-0.4, -0.2) is 56.2 Å². The number of hydrogen-bond donors (Lipinski definition) is 3. The number of fused-ring (bicyclic) bond motifs is 2. The second kappa shape index (κ2) is 8.52. The third-order valence-corrected chi connectivity index (χ3v) is 5.60. The molecular formula is C26H27N4O3+. The molecule has 0 bridgehead atoms. The van der Waals surface area contributed by atoms with Crippen LogP contribution in [0.15, 0.2) is 60.7 Å². The Labute approximate surface area is 192 Å². The van der Waals surface area contributed by atoms with Crippen molar-refractivity contribution in [3.63, 3.8) is 0 Å². The second-order valence-corrected chi connectivity index (χ2v) is 9.10. The maximum absolute atomic E-state index is 13.4. The Hall–Kier alpha value is -3.97. The Bertz CT molecular complexity index is 1260. The average molecular weight is 444 g/mol. The van der Waals surface area contributed by atoms with E-state index in [2.05, 4.69) is 10.6 Å². The number of rotatable bonds is 6. The maximum atomic E-state index is 13.4. The lowest BCUT2D eigenvalue weighted by Gasteiger charge is -2.25. The molecule has 0 heterocycles. The minimum Gasteiger partial charge on any atom is -0.397 e. The number of benzene rings is 3. The highest BCUT2D eigenvalue weighted by Gasteiger charge is 2.35. The van der Waals surface area contributed by atoms with Crippen molar-refractivity contribution >= 4 is 34.5 Å². The van der Waals surface area contributed by atoms with E-state index in [0.717, 1.165) is 12.2 Å². The summed E-state index contributed by atoms with van der Waals surface area (Å²) in [4.78, 5) is 39.9. The largest absolute Gasteiger partial charge is 0.397 e. The van der Waals surface area contributed by atoms with Gasteiger partial charge in [0.05, 0.1) is 62.3 Å². The standard InChI is InChI=1S/C26H26N4O3/c1-30(2,3)14-13-28-26(33)19-15-20(29-16-9-5-4-6-10-16)21-22(23(19)27)25(32)18-12-8-7-11-17(18)24(21)31/h4-12,15H,13-14H2,1-3H3,(H3-,27,28,29,31,32,33)/p+1. The van der Waals surface area contributed by atoms with Crippen molar-refractivity contribution in [3.05, 3.63) is 88.5 Å². The molecule has 0 aromatic heterocycles. The fourth-order valence-corrected chi connectivity index (χ4v) is 3.88. The number of nitrogens with one attached hydrogen (secondary N) is 2. The van der Waals surface area contributed by atoms with Gasteiger partial charge in [-0.25, -0.2) is 0 Å². The molecule has 0 radical (unpaired) electrons. The first-order valence-electron chi connectivity index (χ1n) is 10.7. The van der Waals surface area contributed by atoms with Gasteiger partial charge in [0, 0.05) is 16.8 Å². The molecule has 168 valence electrons. The molecule has 0 spiro atoms. The van der Waals surface area contributed by atoms with Gasteiger partial charge in [0.2, 0.25) is 0 Å². The van der Waals surface area contributed by atoms with Gasteiger partial charge in [-0.1, -0.05) is 42.5 Å². The summed E-state index contributed by atoms with van der Waals surface area (Å²) in [5, 5.41) is 6.09. The number of carbonyl (C=O) groups excluding carboxylic acids is 3. The Balaban J connectivity index is 1.83. The molecule has 7 heteroatoms.